The first-order valence-electron chi connectivity index (χ1n) is 8.27. The van der Waals surface area contributed by atoms with E-state index in [1.165, 1.54) is 12.1 Å². The van der Waals surface area contributed by atoms with E-state index in [-0.39, 0.29) is 24.3 Å². The molecular formula is C21H16F2N2O. The van der Waals surface area contributed by atoms with E-state index >= 15 is 0 Å². The second kappa shape index (κ2) is 6.96. The number of nitrogens with zero attached hydrogens (tertiary/aromatic N) is 1. The molecule has 1 N–H and O–H groups in total. The van der Waals surface area contributed by atoms with Crippen LogP contribution >= 0.6 is 0 Å². The molecule has 0 bridgehead atoms. The summed E-state index contributed by atoms with van der Waals surface area (Å²) in [7, 11) is 0. The molecule has 0 aliphatic rings. The topological polar surface area (TPSA) is 37.9 Å². The fraction of sp³-hybridized carbons (Fsp3) is 0.0952. The smallest absolute Gasteiger partial charge is 0.171 e. The third-order valence-electron chi connectivity index (χ3n) is 4.29. The van der Waals surface area contributed by atoms with Crippen molar-refractivity contribution in [3.8, 4) is 5.75 Å². The number of hydrogen-bond acceptors (Lipinski definition) is 2. The van der Waals surface area contributed by atoms with Gasteiger partial charge in [0.05, 0.1) is 0 Å². The normalized spacial score (nSPS) is 11.0. The summed E-state index contributed by atoms with van der Waals surface area (Å²) in [5, 5.41) is 0.849. The molecule has 2 aromatic carbocycles. The fourth-order valence-corrected chi connectivity index (χ4v) is 2.93. The second-order valence-electron chi connectivity index (χ2n) is 6.00. The summed E-state index contributed by atoms with van der Waals surface area (Å²) in [6.45, 7) is 0.222. The number of benzene rings is 2. The molecule has 130 valence electrons. The summed E-state index contributed by atoms with van der Waals surface area (Å²) in [4.78, 5) is 7.22. The third kappa shape index (κ3) is 3.16. The van der Waals surface area contributed by atoms with Gasteiger partial charge in [0.15, 0.2) is 11.6 Å². The average Bonchev–Trinajstić information content (AvgIpc) is 3.08. The first-order valence-corrected chi connectivity index (χ1v) is 8.27. The van der Waals surface area contributed by atoms with Crippen LogP contribution in [0.5, 0.6) is 5.75 Å². The van der Waals surface area contributed by atoms with Crippen LogP contribution in [0.15, 0.2) is 67.0 Å². The molecule has 2 heterocycles. The number of hydrogen-bond donors (Lipinski definition) is 1. The molecule has 3 nitrogen and oxygen atoms in total. The molecule has 0 saturated carbocycles. The molecule has 0 aliphatic heterocycles. The monoisotopic (exact) mass is 350 g/mol. The zero-order valence-electron chi connectivity index (χ0n) is 13.9. The van der Waals surface area contributed by atoms with Gasteiger partial charge in [0, 0.05) is 29.8 Å². The van der Waals surface area contributed by atoms with Gasteiger partial charge in [0.2, 0.25) is 0 Å². The van der Waals surface area contributed by atoms with Crippen LogP contribution in [0.3, 0.4) is 0 Å². The summed E-state index contributed by atoms with van der Waals surface area (Å²) in [5.74, 6) is -1.21. The zero-order chi connectivity index (χ0) is 17.9. The number of H-pyrrole nitrogens is 1. The van der Waals surface area contributed by atoms with E-state index in [9.17, 15) is 8.78 Å². The van der Waals surface area contributed by atoms with Crippen molar-refractivity contribution in [2.45, 2.75) is 13.0 Å². The van der Waals surface area contributed by atoms with E-state index in [2.05, 4.69) is 9.97 Å². The minimum absolute atomic E-state index is 0.0136. The maximum Gasteiger partial charge on any atom is 0.171 e. The van der Waals surface area contributed by atoms with Crippen molar-refractivity contribution in [2.24, 2.45) is 0 Å². The Hall–Kier alpha value is -3.21. The van der Waals surface area contributed by atoms with Crippen LogP contribution < -0.4 is 4.74 Å². The lowest BCUT2D eigenvalue weighted by atomic mass is 10.0. The molecule has 0 spiro atoms. The number of nitrogens with one attached hydrogen (secondary N) is 1. The minimum atomic E-state index is -0.667. The number of rotatable bonds is 5. The van der Waals surface area contributed by atoms with Crippen molar-refractivity contribution < 1.29 is 13.5 Å². The Morgan fingerprint density at radius 3 is 2.65 bits per heavy atom. The highest BCUT2D eigenvalue weighted by Gasteiger charge is 2.17. The summed E-state index contributed by atoms with van der Waals surface area (Å²) in [6.07, 6.45) is 3.52. The minimum Gasteiger partial charge on any atom is -0.486 e. The average molecular weight is 350 g/mol. The lowest BCUT2D eigenvalue weighted by Gasteiger charge is -2.11. The molecule has 0 fully saturated rings. The maximum atomic E-state index is 14.8. The van der Waals surface area contributed by atoms with E-state index in [1.54, 1.807) is 18.5 Å². The molecule has 0 saturated heterocycles. The van der Waals surface area contributed by atoms with Crippen molar-refractivity contribution in [1.82, 2.24) is 9.97 Å². The molecular weight excluding hydrogens is 334 g/mol. The first kappa shape index (κ1) is 16.3. The Morgan fingerprint density at radius 2 is 1.81 bits per heavy atom. The van der Waals surface area contributed by atoms with Crippen LogP contribution in [0.2, 0.25) is 0 Å². The van der Waals surface area contributed by atoms with Gasteiger partial charge in [-0.3, -0.25) is 0 Å². The zero-order valence-corrected chi connectivity index (χ0v) is 13.9. The van der Waals surface area contributed by atoms with Crippen molar-refractivity contribution in [2.75, 3.05) is 0 Å². The molecule has 0 atom stereocenters. The molecule has 26 heavy (non-hydrogen) atoms. The number of fused-ring (bicyclic) bond motifs is 1. The number of aromatic nitrogens is 2. The van der Waals surface area contributed by atoms with Gasteiger partial charge in [-0.2, -0.15) is 0 Å². The summed E-state index contributed by atoms with van der Waals surface area (Å²) in [5.41, 5.74) is 2.38. The largest absolute Gasteiger partial charge is 0.486 e. The van der Waals surface area contributed by atoms with Crippen LogP contribution in [0.1, 0.15) is 16.7 Å². The first-order chi connectivity index (χ1) is 12.7. The number of halogens is 2. The van der Waals surface area contributed by atoms with Crippen LogP contribution in [-0.2, 0) is 13.0 Å². The maximum absolute atomic E-state index is 14.8. The Morgan fingerprint density at radius 1 is 0.962 bits per heavy atom. The highest BCUT2D eigenvalue weighted by Crippen LogP contribution is 2.28. The fourth-order valence-electron chi connectivity index (χ4n) is 2.93. The lowest BCUT2D eigenvalue weighted by molar-refractivity contribution is 0.288. The van der Waals surface area contributed by atoms with Crippen molar-refractivity contribution in [3.05, 3.63) is 95.3 Å². The molecule has 4 rings (SSSR count). The Labute approximate surface area is 149 Å². The third-order valence-corrected chi connectivity index (χ3v) is 4.29. The summed E-state index contributed by atoms with van der Waals surface area (Å²) >= 11 is 0. The second-order valence-corrected chi connectivity index (χ2v) is 6.00. The Kier molecular flexibility index (Phi) is 4.35. The van der Waals surface area contributed by atoms with Crippen LogP contribution in [0.4, 0.5) is 8.78 Å². The standard InChI is InChI=1S/C21H16F2N2O/c22-18-8-9-19(26-13-14-5-2-1-3-6-14)20(23)17(18)11-15-12-25-21-16(15)7-4-10-24-21/h1-10,12H,11,13H2,(H,24,25). The molecule has 4 aromatic rings. The van der Waals surface area contributed by atoms with Gasteiger partial charge < -0.3 is 9.72 Å². The van der Waals surface area contributed by atoms with Crippen LogP contribution in [0, 0.1) is 11.6 Å². The lowest BCUT2D eigenvalue weighted by Crippen LogP contribution is -2.03. The number of ether oxygens (including phenoxy) is 1. The van der Waals surface area contributed by atoms with E-state index in [1.807, 2.05) is 36.4 Å². The number of pyridine rings is 1. The van der Waals surface area contributed by atoms with Gasteiger partial charge in [-0.15, -0.1) is 0 Å². The Balaban J connectivity index is 1.62. The highest BCUT2D eigenvalue weighted by molar-refractivity contribution is 5.79. The summed E-state index contributed by atoms with van der Waals surface area (Å²) < 4.78 is 34.7. The predicted octanol–water partition coefficient (Wildman–Crippen LogP) is 5.01. The van der Waals surface area contributed by atoms with Gasteiger partial charge in [-0.25, -0.2) is 13.8 Å². The van der Waals surface area contributed by atoms with Crippen LogP contribution in [0.25, 0.3) is 11.0 Å². The molecule has 0 aliphatic carbocycles. The summed E-state index contributed by atoms with van der Waals surface area (Å²) in [6, 6.07) is 15.7. The van der Waals surface area contributed by atoms with Crippen molar-refractivity contribution in [3.63, 3.8) is 0 Å². The van der Waals surface area contributed by atoms with Gasteiger partial charge in [-0.1, -0.05) is 30.3 Å². The highest BCUT2D eigenvalue weighted by atomic mass is 19.1. The van der Waals surface area contributed by atoms with E-state index in [4.69, 9.17) is 4.74 Å². The van der Waals surface area contributed by atoms with E-state index < -0.39 is 11.6 Å². The quantitative estimate of drug-likeness (QED) is 0.549. The van der Waals surface area contributed by atoms with Crippen molar-refractivity contribution in [1.29, 1.82) is 0 Å². The van der Waals surface area contributed by atoms with E-state index in [0.29, 0.717) is 5.65 Å². The molecule has 2 aromatic heterocycles. The molecule has 0 amide bonds. The molecule has 5 heteroatoms. The molecule has 0 unspecified atom stereocenters. The van der Waals surface area contributed by atoms with Gasteiger partial charge in [0.1, 0.15) is 18.1 Å². The van der Waals surface area contributed by atoms with Gasteiger partial charge in [0.25, 0.3) is 0 Å². The number of aromatic amines is 1. The van der Waals surface area contributed by atoms with E-state index in [0.717, 1.165) is 16.5 Å². The van der Waals surface area contributed by atoms with Gasteiger partial charge in [-0.05, 0) is 35.4 Å². The van der Waals surface area contributed by atoms with Crippen LogP contribution in [-0.4, -0.2) is 9.97 Å². The Bertz CT molecular complexity index is 1040. The SMILES string of the molecule is Fc1ccc(OCc2ccccc2)c(F)c1Cc1c[nH]c2ncccc12. The van der Waals surface area contributed by atoms with Gasteiger partial charge >= 0.3 is 0 Å². The predicted molar refractivity (Wildman–Crippen MR) is 96.0 cm³/mol. The van der Waals surface area contributed by atoms with Crippen molar-refractivity contribution >= 4 is 11.0 Å². The molecule has 0 radical (unpaired) electrons.